The maximum atomic E-state index is 10.6. The maximum Gasteiger partial charge on any atom is 0.324 e. The van der Waals surface area contributed by atoms with Crippen LogP contribution in [0.25, 0.3) is 10.7 Å². The lowest BCUT2D eigenvalue weighted by Crippen LogP contribution is -2.00. The van der Waals surface area contributed by atoms with Crippen molar-refractivity contribution in [1.82, 2.24) is 14.8 Å². The normalized spacial score (nSPS) is 10.9. The van der Waals surface area contributed by atoms with E-state index in [1.807, 2.05) is 18.4 Å². The Morgan fingerprint density at radius 1 is 1.50 bits per heavy atom. The van der Waals surface area contributed by atoms with Crippen LogP contribution in [0.4, 0.5) is 5.00 Å². The van der Waals surface area contributed by atoms with E-state index in [4.69, 9.17) is 0 Å². The highest BCUT2D eigenvalue weighted by Gasteiger charge is 2.16. The Balaban J connectivity index is 2.42. The van der Waals surface area contributed by atoms with E-state index in [0.717, 1.165) is 16.2 Å². The van der Waals surface area contributed by atoms with Gasteiger partial charge in [0, 0.05) is 12.1 Å². The van der Waals surface area contributed by atoms with Crippen LogP contribution in [0.5, 0.6) is 0 Å². The van der Waals surface area contributed by atoms with Gasteiger partial charge in [0.1, 0.15) is 6.33 Å². The van der Waals surface area contributed by atoms with E-state index in [0.29, 0.717) is 5.82 Å². The molecule has 16 heavy (non-hydrogen) atoms. The Bertz CT molecular complexity index is 517. The van der Waals surface area contributed by atoms with Crippen LogP contribution in [0, 0.1) is 10.1 Å². The smallest absolute Gasteiger partial charge is 0.310 e. The van der Waals surface area contributed by atoms with Crippen molar-refractivity contribution in [1.29, 1.82) is 0 Å². The van der Waals surface area contributed by atoms with E-state index in [-0.39, 0.29) is 11.0 Å². The van der Waals surface area contributed by atoms with E-state index in [9.17, 15) is 10.1 Å². The van der Waals surface area contributed by atoms with Gasteiger partial charge >= 0.3 is 5.00 Å². The Morgan fingerprint density at radius 3 is 2.81 bits per heavy atom. The zero-order valence-corrected chi connectivity index (χ0v) is 9.64. The molecular formula is C9H10N4O2S. The van der Waals surface area contributed by atoms with Crippen LogP contribution in [-0.2, 0) is 0 Å². The van der Waals surface area contributed by atoms with Gasteiger partial charge in [-0.25, -0.2) is 0 Å². The lowest BCUT2D eigenvalue weighted by molar-refractivity contribution is -0.380. The summed E-state index contributed by atoms with van der Waals surface area (Å²) in [5, 5.41) is 18.5. The molecule has 7 heteroatoms. The predicted molar refractivity (Wildman–Crippen MR) is 60.4 cm³/mol. The molecule has 0 aliphatic carbocycles. The number of nitrogens with zero attached hydrogens (tertiary/aromatic N) is 4. The molecule has 0 radical (unpaired) electrons. The molecule has 0 amide bonds. The van der Waals surface area contributed by atoms with Crippen molar-refractivity contribution >= 4 is 16.3 Å². The highest BCUT2D eigenvalue weighted by Crippen LogP contribution is 2.32. The fourth-order valence-corrected chi connectivity index (χ4v) is 2.15. The van der Waals surface area contributed by atoms with E-state index in [1.54, 1.807) is 12.4 Å². The second kappa shape index (κ2) is 4.01. The molecule has 0 aliphatic rings. The third-order valence-corrected chi connectivity index (χ3v) is 3.15. The first-order chi connectivity index (χ1) is 7.59. The molecule has 0 saturated heterocycles. The number of rotatable bonds is 3. The van der Waals surface area contributed by atoms with Crippen molar-refractivity contribution in [2.24, 2.45) is 0 Å². The SMILES string of the molecule is CC(C)n1cnnc1-c1ccc([N+](=O)[O-])s1. The van der Waals surface area contributed by atoms with Gasteiger partial charge in [-0.15, -0.1) is 10.2 Å². The summed E-state index contributed by atoms with van der Waals surface area (Å²) in [5.41, 5.74) is 0. The predicted octanol–water partition coefficient (Wildman–Crippen LogP) is 2.50. The second-order valence-electron chi connectivity index (χ2n) is 3.55. The van der Waals surface area contributed by atoms with Crippen LogP contribution < -0.4 is 0 Å². The minimum atomic E-state index is -0.399. The van der Waals surface area contributed by atoms with Gasteiger partial charge < -0.3 is 4.57 Å². The standard InChI is InChI=1S/C9H10N4O2S/c1-6(2)12-5-10-11-9(12)7-3-4-8(16-7)13(14)15/h3-6H,1-2H3. The molecule has 2 aromatic rings. The third kappa shape index (κ3) is 1.81. The highest BCUT2D eigenvalue weighted by atomic mass is 32.1. The molecular weight excluding hydrogens is 228 g/mol. The molecule has 0 aliphatic heterocycles. The van der Waals surface area contributed by atoms with Crippen LogP contribution in [0.3, 0.4) is 0 Å². The summed E-state index contributed by atoms with van der Waals surface area (Å²) < 4.78 is 1.88. The number of aromatic nitrogens is 3. The summed E-state index contributed by atoms with van der Waals surface area (Å²) in [4.78, 5) is 10.9. The van der Waals surface area contributed by atoms with Crippen molar-refractivity contribution < 1.29 is 4.92 Å². The molecule has 0 bridgehead atoms. The molecule has 0 N–H and O–H groups in total. The van der Waals surface area contributed by atoms with Gasteiger partial charge in [-0.05, 0) is 19.9 Å². The van der Waals surface area contributed by atoms with Gasteiger partial charge in [-0.1, -0.05) is 11.3 Å². The van der Waals surface area contributed by atoms with Gasteiger partial charge in [0.2, 0.25) is 0 Å². The molecule has 2 aromatic heterocycles. The summed E-state index contributed by atoms with van der Waals surface area (Å²) in [5.74, 6) is 0.674. The zero-order chi connectivity index (χ0) is 11.7. The molecule has 84 valence electrons. The quantitative estimate of drug-likeness (QED) is 0.608. The molecule has 0 atom stereocenters. The topological polar surface area (TPSA) is 73.8 Å². The van der Waals surface area contributed by atoms with Crippen LogP contribution in [0.1, 0.15) is 19.9 Å². The zero-order valence-electron chi connectivity index (χ0n) is 8.82. The lowest BCUT2D eigenvalue weighted by Gasteiger charge is -2.07. The molecule has 0 spiro atoms. The van der Waals surface area contributed by atoms with Gasteiger partial charge in [0.05, 0.1) is 9.80 Å². The molecule has 2 rings (SSSR count). The van der Waals surface area contributed by atoms with Gasteiger partial charge in [0.15, 0.2) is 5.82 Å². The van der Waals surface area contributed by atoms with Gasteiger partial charge in [0.25, 0.3) is 0 Å². The summed E-state index contributed by atoms with van der Waals surface area (Å²) in [6.07, 6.45) is 1.63. The van der Waals surface area contributed by atoms with Crippen LogP contribution >= 0.6 is 11.3 Å². The van der Waals surface area contributed by atoms with E-state index < -0.39 is 4.92 Å². The molecule has 2 heterocycles. The first-order valence-corrected chi connectivity index (χ1v) is 5.55. The van der Waals surface area contributed by atoms with E-state index in [2.05, 4.69) is 10.2 Å². The van der Waals surface area contributed by atoms with Crippen molar-refractivity contribution in [3.05, 3.63) is 28.6 Å². The summed E-state index contributed by atoms with van der Waals surface area (Å²) in [6.45, 7) is 4.02. The minimum Gasteiger partial charge on any atom is -0.310 e. The average Bonchev–Trinajstić information content (AvgIpc) is 2.86. The first kappa shape index (κ1) is 10.7. The maximum absolute atomic E-state index is 10.6. The van der Waals surface area contributed by atoms with Gasteiger partial charge in [-0.2, -0.15) is 0 Å². The minimum absolute atomic E-state index is 0.119. The number of nitro groups is 1. The fourth-order valence-electron chi connectivity index (χ4n) is 1.34. The first-order valence-electron chi connectivity index (χ1n) is 4.73. The average molecular weight is 238 g/mol. The second-order valence-corrected chi connectivity index (χ2v) is 4.61. The molecule has 6 nitrogen and oxygen atoms in total. The monoisotopic (exact) mass is 238 g/mol. The molecule has 0 fully saturated rings. The fraction of sp³-hybridized carbons (Fsp3) is 0.333. The van der Waals surface area contributed by atoms with E-state index >= 15 is 0 Å². The van der Waals surface area contributed by atoms with Crippen LogP contribution in [0.2, 0.25) is 0 Å². The van der Waals surface area contributed by atoms with Crippen LogP contribution in [-0.4, -0.2) is 19.7 Å². The largest absolute Gasteiger partial charge is 0.324 e. The Hall–Kier alpha value is -1.76. The van der Waals surface area contributed by atoms with E-state index in [1.165, 1.54) is 6.07 Å². The lowest BCUT2D eigenvalue weighted by atomic mass is 10.3. The Labute approximate surface area is 95.7 Å². The van der Waals surface area contributed by atoms with Crippen molar-refractivity contribution in [3.8, 4) is 10.7 Å². The number of hydrogen-bond acceptors (Lipinski definition) is 5. The molecule has 0 aromatic carbocycles. The Morgan fingerprint density at radius 2 is 2.25 bits per heavy atom. The summed E-state index contributed by atoms with van der Waals surface area (Å²) in [7, 11) is 0. The summed E-state index contributed by atoms with van der Waals surface area (Å²) >= 11 is 1.11. The summed E-state index contributed by atoms with van der Waals surface area (Å²) in [6, 6.07) is 3.41. The highest BCUT2D eigenvalue weighted by molar-refractivity contribution is 7.18. The molecule has 0 unspecified atom stereocenters. The number of thiophene rings is 1. The van der Waals surface area contributed by atoms with Crippen molar-refractivity contribution in [2.45, 2.75) is 19.9 Å². The van der Waals surface area contributed by atoms with Crippen molar-refractivity contribution in [3.63, 3.8) is 0 Å². The Kier molecular flexibility index (Phi) is 2.69. The third-order valence-electron chi connectivity index (χ3n) is 2.12. The van der Waals surface area contributed by atoms with Crippen molar-refractivity contribution in [2.75, 3.05) is 0 Å². The van der Waals surface area contributed by atoms with Crippen LogP contribution in [0.15, 0.2) is 18.5 Å². The number of hydrogen-bond donors (Lipinski definition) is 0. The van der Waals surface area contributed by atoms with Gasteiger partial charge in [-0.3, -0.25) is 10.1 Å². The molecule has 0 saturated carbocycles.